The topological polar surface area (TPSA) is 66.8 Å². The number of carboxylic acids is 1. The van der Waals surface area contributed by atoms with E-state index in [-0.39, 0.29) is 18.2 Å². The van der Waals surface area contributed by atoms with Crippen LogP contribution in [0.2, 0.25) is 0 Å². The van der Waals surface area contributed by atoms with Gasteiger partial charge in [0, 0.05) is 32.4 Å². The van der Waals surface area contributed by atoms with E-state index in [1.165, 1.54) is 0 Å². The van der Waals surface area contributed by atoms with Crippen molar-refractivity contribution in [2.75, 3.05) is 38.3 Å². The normalized spacial score (nSPS) is 19.6. The molecule has 17 heavy (non-hydrogen) atoms. The molecule has 1 amide bonds. The first-order valence-corrected chi connectivity index (χ1v) is 6.85. The monoisotopic (exact) mass is 261 g/mol. The molecule has 1 heterocycles. The number of hydrogen-bond acceptors (Lipinski definition) is 4. The number of carbonyl (C=O) groups excluding carboxylic acids is 1. The predicted molar refractivity (Wildman–Crippen MR) is 66.1 cm³/mol. The molecule has 0 aromatic carbocycles. The molecule has 5 nitrogen and oxygen atoms in total. The summed E-state index contributed by atoms with van der Waals surface area (Å²) in [5, 5.41) is 8.68. The molecular weight excluding hydrogens is 242 g/mol. The SMILES string of the molecule is COCCSCC(=O)N1CCC(CC(=O)O)C1. The minimum atomic E-state index is -0.779. The largest absolute Gasteiger partial charge is 0.481 e. The van der Waals surface area contributed by atoms with Crippen LogP contribution in [0, 0.1) is 5.92 Å². The molecule has 0 spiro atoms. The fourth-order valence-corrected chi connectivity index (χ4v) is 2.65. The lowest BCUT2D eigenvalue weighted by atomic mass is 10.1. The summed E-state index contributed by atoms with van der Waals surface area (Å²) in [6, 6.07) is 0. The van der Waals surface area contributed by atoms with Gasteiger partial charge in [0.25, 0.3) is 0 Å². The van der Waals surface area contributed by atoms with Crippen LogP contribution < -0.4 is 0 Å². The van der Waals surface area contributed by atoms with Gasteiger partial charge in [0.1, 0.15) is 0 Å². The van der Waals surface area contributed by atoms with Crippen molar-refractivity contribution in [3.63, 3.8) is 0 Å². The number of likely N-dealkylation sites (tertiary alicyclic amines) is 1. The van der Waals surface area contributed by atoms with Gasteiger partial charge in [-0.3, -0.25) is 9.59 Å². The molecule has 0 radical (unpaired) electrons. The van der Waals surface area contributed by atoms with Gasteiger partial charge in [0.15, 0.2) is 0 Å². The van der Waals surface area contributed by atoms with Crippen molar-refractivity contribution in [3.05, 3.63) is 0 Å². The number of amides is 1. The van der Waals surface area contributed by atoms with Gasteiger partial charge in [0.2, 0.25) is 5.91 Å². The van der Waals surface area contributed by atoms with E-state index >= 15 is 0 Å². The quantitative estimate of drug-likeness (QED) is 0.683. The molecule has 0 aromatic rings. The number of carboxylic acid groups (broad SMARTS) is 1. The van der Waals surface area contributed by atoms with E-state index in [2.05, 4.69) is 0 Å². The lowest BCUT2D eigenvalue weighted by molar-refractivity contribution is -0.138. The Morgan fingerprint density at radius 1 is 1.53 bits per heavy atom. The number of carbonyl (C=O) groups is 2. The summed E-state index contributed by atoms with van der Waals surface area (Å²) in [4.78, 5) is 24.1. The van der Waals surface area contributed by atoms with Gasteiger partial charge in [-0.05, 0) is 12.3 Å². The number of thioether (sulfide) groups is 1. The van der Waals surface area contributed by atoms with Crippen LogP contribution in [0.1, 0.15) is 12.8 Å². The average Bonchev–Trinajstić information content (AvgIpc) is 2.71. The number of aliphatic carboxylic acids is 1. The number of nitrogens with zero attached hydrogens (tertiary/aromatic N) is 1. The lowest BCUT2D eigenvalue weighted by Crippen LogP contribution is -2.30. The Hall–Kier alpha value is -0.750. The molecule has 1 saturated heterocycles. The molecular formula is C11H19NO4S. The van der Waals surface area contributed by atoms with Crippen LogP contribution in [0.25, 0.3) is 0 Å². The summed E-state index contributed by atoms with van der Waals surface area (Å²) >= 11 is 1.56. The number of ether oxygens (including phenoxy) is 1. The van der Waals surface area contributed by atoms with Crippen molar-refractivity contribution in [3.8, 4) is 0 Å². The van der Waals surface area contributed by atoms with E-state index in [4.69, 9.17) is 9.84 Å². The van der Waals surface area contributed by atoms with Crippen molar-refractivity contribution in [2.45, 2.75) is 12.8 Å². The summed E-state index contributed by atoms with van der Waals surface area (Å²) in [6.07, 6.45) is 0.974. The summed E-state index contributed by atoms with van der Waals surface area (Å²) in [7, 11) is 1.64. The summed E-state index contributed by atoms with van der Waals surface area (Å²) in [5.74, 6) is 0.732. The lowest BCUT2D eigenvalue weighted by Gasteiger charge is -2.15. The Labute approximate surface area is 105 Å². The molecule has 1 atom stereocenters. The summed E-state index contributed by atoms with van der Waals surface area (Å²) < 4.78 is 4.90. The predicted octanol–water partition coefficient (Wildman–Crippen LogP) is 0.689. The Morgan fingerprint density at radius 3 is 2.94 bits per heavy atom. The van der Waals surface area contributed by atoms with Crippen LogP contribution in [0.15, 0.2) is 0 Å². The third-order valence-electron chi connectivity index (χ3n) is 2.76. The van der Waals surface area contributed by atoms with Crippen molar-refractivity contribution in [1.29, 1.82) is 0 Å². The van der Waals surface area contributed by atoms with Crippen LogP contribution >= 0.6 is 11.8 Å². The van der Waals surface area contributed by atoms with E-state index in [0.717, 1.165) is 12.2 Å². The Balaban J connectivity index is 2.18. The van der Waals surface area contributed by atoms with Crippen molar-refractivity contribution in [1.82, 2.24) is 4.90 Å². The van der Waals surface area contributed by atoms with E-state index < -0.39 is 5.97 Å². The number of hydrogen-bond donors (Lipinski definition) is 1. The first-order valence-electron chi connectivity index (χ1n) is 5.69. The molecule has 1 aliphatic heterocycles. The highest BCUT2D eigenvalue weighted by atomic mass is 32.2. The standard InChI is InChI=1S/C11H19NO4S/c1-16-4-5-17-8-10(13)12-3-2-9(7-12)6-11(14)15/h9H,2-8H2,1H3,(H,14,15). The maximum absolute atomic E-state index is 11.8. The first kappa shape index (κ1) is 14.3. The van der Waals surface area contributed by atoms with Gasteiger partial charge in [-0.25, -0.2) is 0 Å². The second-order valence-corrected chi connectivity index (χ2v) is 5.24. The van der Waals surface area contributed by atoms with Crippen molar-refractivity contribution < 1.29 is 19.4 Å². The molecule has 1 unspecified atom stereocenters. The van der Waals surface area contributed by atoms with Gasteiger partial charge in [0.05, 0.1) is 12.4 Å². The van der Waals surface area contributed by atoms with Gasteiger partial charge in [-0.1, -0.05) is 0 Å². The van der Waals surface area contributed by atoms with Gasteiger partial charge < -0.3 is 14.7 Å². The van der Waals surface area contributed by atoms with E-state index in [1.54, 1.807) is 23.8 Å². The van der Waals surface area contributed by atoms with Crippen LogP contribution in [0.5, 0.6) is 0 Å². The Kier molecular flexibility index (Phi) is 6.36. The van der Waals surface area contributed by atoms with Crippen LogP contribution in [0.4, 0.5) is 0 Å². The zero-order valence-electron chi connectivity index (χ0n) is 10.1. The second-order valence-electron chi connectivity index (χ2n) is 4.14. The summed E-state index contributed by atoms with van der Waals surface area (Å²) in [6.45, 7) is 1.94. The average molecular weight is 261 g/mol. The van der Waals surface area contributed by atoms with Crippen LogP contribution in [-0.2, 0) is 14.3 Å². The molecule has 0 aromatic heterocycles. The molecule has 0 bridgehead atoms. The number of methoxy groups -OCH3 is 1. The maximum atomic E-state index is 11.8. The summed E-state index contributed by atoms with van der Waals surface area (Å²) in [5.41, 5.74) is 0. The molecule has 1 rings (SSSR count). The maximum Gasteiger partial charge on any atom is 0.303 e. The van der Waals surface area contributed by atoms with Gasteiger partial charge in [-0.2, -0.15) is 0 Å². The third kappa shape index (κ3) is 5.41. The van der Waals surface area contributed by atoms with E-state index in [1.807, 2.05) is 0 Å². The third-order valence-corrected chi connectivity index (χ3v) is 3.67. The minimum absolute atomic E-state index is 0.110. The Morgan fingerprint density at radius 2 is 2.29 bits per heavy atom. The van der Waals surface area contributed by atoms with Gasteiger partial charge >= 0.3 is 5.97 Å². The van der Waals surface area contributed by atoms with Gasteiger partial charge in [-0.15, -0.1) is 11.8 Å². The molecule has 6 heteroatoms. The minimum Gasteiger partial charge on any atom is -0.481 e. The van der Waals surface area contributed by atoms with Crippen LogP contribution in [-0.4, -0.2) is 60.2 Å². The van der Waals surface area contributed by atoms with E-state index in [0.29, 0.717) is 25.4 Å². The smallest absolute Gasteiger partial charge is 0.303 e. The first-order chi connectivity index (χ1) is 8.13. The van der Waals surface area contributed by atoms with Crippen molar-refractivity contribution >= 4 is 23.6 Å². The fraction of sp³-hybridized carbons (Fsp3) is 0.818. The highest BCUT2D eigenvalue weighted by molar-refractivity contribution is 7.99. The second kappa shape index (κ2) is 7.55. The molecule has 1 aliphatic rings. The van der Waals surface area contributed by atoms with Crippen LogP contribution in [0.3, 0.4) is 0 Å². The molecule has 1 fully saturated rings. The zero-order chi connectivity index (χ0) is 12.7. The molecule has 0 aliphatic carbocycles. The number of rotatable bonds is 7. The molecule has 0 saturated carbocycles. The molecule has 1 N–H and O–H groups in total. The molecule has 98 valence electrons. The van der Waals surface area contributed by atoms with E-state index in [9.17, 15) is 9.59 Å². The highest BCUT2D eigenvalue weighted by Gasteiger charge is 2.27. The Bertz CT molecular complexity index is 272. The van der Waals surface area contributed by atoms with Crippen molar-refractivity contribution in [2.24, 2.45) is 5.92 Å². The fourth-order valence-electron chi connectivity index (χ4n) is 1.87. The highest BCUT2D eigenvalue weighted by Crippen LogP contribution is 2.20. The zero-order valence-corrected chi connectivity index (χ0v) is 10.9.